The fraction of sp³-hybridized carbons (Fsp3) is 0.474. The highest BCUT2D eigenvalue weighted by molar-refractivity contribution is 5.96. The van der Waals surface area contributed by atoms with Crippen LogP contribution in [0.5, 0.6) is 5.75 Å². The Kier molecular flexibility index (Phi) is 5.71. The molecule has 2 heterocycles. The number of carbonyl (C=O) groups excluding carboxylic acids is 1. The van der Waals surface area contributed by atoms with Crippen LogP contribution >= 0.6 is 0 Å². The van der Waals surface area contributed by atoms with E-state index in [0.717, 1.165) is 31.7 Å². The normalized spacial score (nSPS) is 18.2. The van der Waals surface area contributed by atoms with Gasteiger partial charge >= 0.3 is 0 Å². The van der Waals surface area contributed by atoms with E-state index < -0.39 is 0 Å². The average molecular weight is 342 g/mol. The lowest BCUT2D eigenvalue weighted by atomic mass is 9.94. The van der Waals surface area contributed by atoms with Crippen molar-refractivity contribution in [2.75, 3.05) is 19.6 Å². The van der Waals surface area contributed by atoms with Crippen LogP contribution in [0.15, 0.2) is 30.7 Å². The van der Waals surface area contributed by atoms with Crippen molar-refractivity contribution < 1.29 is 9.90 Å². The van der Waals surface area contributed by atoms with E-state index in [0.29, 0.717) is 23.6 Å². The smallest absolute Gasteiger partial charge is 0.251 e. The first-order chi connectivity index (χ1) is 12.1. The number of carbonyl (C=O) groups is 1. The van der Waals surface area contributed by atoms with Crippen molar-refractivity contribution in [3.63, 3.8) is 0 Å². The van der Waals surface area contributed by atoms with Gasteiger partial charge in [0.25, 0.3) is 5.91 Å². The number of phenols is 1. The molecule has 0 spiro atoms. The van der Waals surface area contributed by atoms with Crippen LogP contribution < -0.4 is 5.32 Å². The molecule has 134 valence electrons. The van der Waals surface area contributed by atoms with Gasteiger partial charge in [0.15, 0.2) is 0 Å². The Hall–Kier alpha value is -2.34. The van der Waals surface area contributed by atoms with Crippen molar-refractivity contribution in [1.29, 1.82) is 0 Å². The van der Waals surface area contributed by atoms with Crippen LogP contribution in [0.2, 0.25) is 0 Å². The highest BCUT2D eigenvalue weighted by Crippen LogP contribution is 2.21. The number of phenolic OH excluding ortho intramolecular Hbond substituents is 1. The molecule has 0 radical (unpaired) electrons. The summed E-state index contributed by atoms with van der Waals surface area (Å²) in [6.07, 6.45) is 6.97. The van der Waals surface area contributed by atoms with Gasteiger partial charge in [-0.05, 0) is 50.8 Å². The SMILES string of the molecule is Cc1c(O)cccc1C(=O)NCCC1CCCN(Cc2cnc[nH]2)C1. The average Bonchev–Trinajstić information content (AvgIpc) is 3.10. The van der Waals surface area contributed by atoms with E-state index in [-0.39, 0.29) is 11.7 Å². The lowest BCUT2D eigenvalue weighted by molar-refractivity contribution is 0.0945. The van der Waals surface area contributed by atoms with E-state index in [9.17, 15) is 9.90 Å². The predicted molar refractivity (Wildman–Crippen MR) is 96.4 cm³/mol. The molecule has 6 heteroatoms. The molecule has 1 aromatic heterocycles. The highest BCUT2D eigenvalue weighted by atomic mass is 16.3. The van der Waals surface area contributed by atoms with Gasteiger partial charge in [-0.25, -0.2) is 4.98 Å². The summed E-state index contributed by atoms with van der Waals surface area (Å²) in [6, 6.07) is 5.05. The number of imidazole rings is 1. The van der Waals surface area contributed by atoms with Crippen LogP contribution in [-0.4, -0.2) is 45.5 Å². The first-order valence-corrected chi connectivity index (χ1v) is 8.90. The first-order valence-electron chi connectivity index (χ1n) is 8.90. The molecule has 3 rings (SSSR count). The van der Waals surface area contributed by atoms with Crippen molar-refractivity contribution in [2.45, 2.75) is 32.7 Å². The third-order valence-electron chi connectivity index (χ3n) is 4.94. The van der Waals surface area contributed by atoms with Gasteiger partial charge in [-0.2, -0.15) is 0 Å². The number of nitrogens with one attached hydrogen (secondary N) is 2. The van der Waals surface area contributed by atoms with Gasteiger partial charge in [-0.1, -0.05) is 6.07 Å². The van der Waals surface area contributed by atoms with Gasteiger partial charge in [0.2, 0.25) is 0 Å². The van der Waals surface area contributed by atoms with Crippen molar-refractivity contribution in [2.24, 2.45) is 5.92 Å². The minimum atomic E-state index is -0.112. The minimum absolute atomic E-state index is 0.112. The summed E-state index contributed by atoms with van der Waals surface area (Å²) in [7, 11) is 0. The number of nitrogens with zero attached hydrogens (tertiary/aromatic N) is 2. The maximum atomic E-state index is 12.3. The van der Waals surface area contributed by atoms with Crippen molar-refractivity contribution in [3.05, 3.63) is 47.5 Å². The van der Waals surface area contributed by atoms with Crippen LogP contribution in [0.4, 0.5) is 0 Å². The van der Waals surface area contributed by atoms with Crippen LogP contribution in [0.1, 0.15) is 40.9 Å². The van der Waals surface area contributed by atoms with Crippen molar-refractivity contribution in [3.8, 4) is 5.75 Å². The second-order valence-electron chi connectivity index (χ2n) is 6.81. The van der Waals surface area contributed by atoms with Crippen molar-refractivity contribution >= 4 is 5.91 Å². The fourth-order valence-electron chi connectivity index (χ4n) is 3.50. The Bertz CT molecular complexity index is 699. The Morgan fingerprint density at radius 2 is 2.36 bits per heavy atom. The Balaban J connectivity index is 1.45. The number of rotatable bonds is 6. The lowest BCUT2D eigenvalue weighted by Crippen LogP contribution is -2.36. The molecule has 1 amide bonds. The Morgan fingerprint density at radius 3 is 3.16 bits per heavy atom. The molecule has 0 saturated carbocycles. The van der Waals surface area contributed by atoms with E-state index in [2.05, 4.69) is 20.2 Å². The zero-order valence-corrected chi connectivity index (χ0v) is 14.7. The molecule has 1 unspecified atom stereocenters. The number of hydrogen-bond donors (Lipinski definition) is 3. The molecule has 25 heavy (non-hydrogen) atoms. The maximum Gasteiger partial charge on any atom is 0.251 e. The molecule has 0 aliphatic carbocycles. The van der Waals surface area contributed by atoms with E-state index >= 15 is 0 Å². The van der Waals surface area contributed by atoms with Crippen LogP contribution in [-0.2, 0) is 6.54 Å². The van der Waals surface area contributed by atoms with Gasteiger partial charge in [0, 0.05) is 42.7 Å². The second kappa shape index (κ2) is 8.16. The number of aromatic nitrogens is 2. The van der Waals surface area contributed by atoms with Crippen LogP contribution in [0.3, 0.4) is 0 Å². The fourth-order valence-corrected chi connectivity index (χ4v) is 3.50. The van der Waals surface area contributed by atoms with Gasteiger partial charge in [-0.3, -0.25) is 9.69 Å². The van der Waals surface area contributed by atoms with E-state index in [1.165, 1.54) is 12.8 Å². The number of amides is 1. The first kappa shape index (κ1) is 17.5. The summed E-state index contributed by atoms with van der Waals surface area (Å²) in [6.45, 7) is 5.50. The van der Waals surface area contributed by atoms with E-state index in [1.54, 1.807) is 31.5 Å². The monoisotopic (exact) mass is 342 g/mol. The summed E-state index contributed by atoms with van der Waals surface area (Å²) >= 11 is 0. The molecule has 1 saturated heterocycles. The quantitative estimate of drug-likeness (QED) is 0.753. The molecule has 1 aliphatic rings. The highest BCUT2D eigenvalue weighted by Gasteiger charge is 2.20. The van der Waals surface area contributed by atoms with Crippen LogP contribution in [0, 0.1) is 12.8 Å². The number of piperidine rings is 1. The molecule has 1 aliphatic heterocycles. The second-order valence-corrected chi connectivity index (χ2v) is 6.81. The standard InChI is InChI=1S/C19H26N4O2/c1-14-17(5-2-6-18(14)24)19(25)21-8-7-15-4-3-9-23(11-15)12-16-10-20-13-22-16/h2,5-6,10,13,15,24H,3-4,7-9,11-12H2,1H3,(H,20,22)(H,21,25). The van der Waals surface area contributed by atoms with Gasteiger partial charge in [-0.15, -0.1) is 0 Å². The van der Waals surface area contributed by atoms with E-state index in [1.807, 2.05) is 6.20 Å². The summed E-state index contributed by atoms with van der Waals surface area (Å²) in [5.74, 6) is 0.648. The summed E-state index contributed by atoms with van der Waals surface area (Å²) in [4.78, 5) is 22.0. The van der Waals surface area contributed by atoms with E-state index in [4.69, 9.17) is 0 Å². The minimum Gasteiger partial charge on any atom is -0.508 e. The number of likely N-dealkylation sites (tertiary alicyclic amines) is 1. The largest absolute Gasteiger partial charge is 0.508 e. The predicted octanol–water partition coefficient (Wildman–Crippen LogP) is 2.46. The Morgan fingerprint density at radius 1 is 1.48 bits per heavy atom. The zero-order valence-electron chi connectivity index (χ0n) is 14.7. The molecule has 0 bridgehead atoms. The third-order valence-corrected chi connectivity index (χ3v) is 4.94. The third kappa shape index (κ3) is 4.60. The number of aromatic amines is 1. The lowest BCUT2D eigenvalue weighted by Gasteiger charge is -2.32. The summed E-state index contributed by atoms with van der Waals surface area (Å²) in [5.41, 5.74) is 2.32. The number of hydrogen-bond acceptors (Lipinski definition) is 4. The summed E-state index contributed by atoms with van der Waals surface area (Å²) in [5, 5.41) is 12.7. The molecule has 1 atom stereocenters. The zero-order chi connectivity index (χ0) is 17.6. The van der Waals surface area contributed by atoms with Crippen LogP contribution in [0.25, 0.3) is 0 Å². The molecular formula is C19H26N4O2. The molecule has 2 aromatic rings. The number of aromatic hydroxyl groups is 1. The molecule has 6 nitrogen and oxygen atoms in total. The maximum absolute atomic E-state index is 12.3. The number of benzene rings is 1. The number of H-pyrrole nitrogens is 1. The molecule has 3 N–H and O–H groups in total. The Labute approximate surface area is 148 Å². The van der Waals surface area contributed by atoms with Gasteiger partial charge < -0.3 is 15.4 Å². The van der Waals surface area contributed by atoms with Gasteiger partial charge in [0.1, 0.15) is 5.75 Å². The topological polar surface area (TPSA) is 81.2 Å². The molecule has 1 fully saturated rings. The van der Waals surface area contributed by atoms with Crippen molar-refractivity contribution in [1.82, 2.24) is 20.2 Å². The molecule has 1 aromatic carbocycles. The summed E-state index contributed by atoms with van der Waals surface area (Å²) < 4.78 is 0. The molecular weight excluding hydrogens is 316 g/mol. The van der Waals surface area contributed by atoms with Gasteiger partial charge in [0.05, 0.1) is 6.33 Å².